The van der Waals surface area contributed by atoms with Gasteiger partial charge in [0.05, 0.1) is 6.54 Å². The third-order valence-electron chi connectivity index (χ3n) is 3.65. The van der Waals surface area contributed by atoms with Crippen molar-refractivity contribution in [1.82, 2.24) is 10.6 Å². The zero-order valence-electron chi connectivity index (χ0n) is 13.6. The number of nitrogens with zero attached hydrogens (tertiary/aromatic N) is 2. The van der Waals surface area contributed by atoms with E-state index in [1.807, 2.05) is 6.92 Å². The molecule has 5 nitrogen and oxygen atoms in total. The maximum absolute atomic E-state index is 11.6. The van der Waals surface area contributed by atoms with Gasteiger partial charge in [-0.2, -0.15) is 0 Å². The van der Waals surface area contributed by atoms with Gasteiger partial charge in [0.2, 0.25) is 5.91 Å². The zero-order chi connectivity index (χ0) is 15.8. The largest absolute Gasteiger partial charge is 0.356 e. The van der Waals surface area contributed by atoms with Crippen LogP contribution in [-0.2, 0) is 11.2 Å². The van der Waals surface area contributed by atoms with E-state index in [0.717, 1.165) is 38.4 Å². The van der Waals surface area contributed by atoms with Crippen LogP contribution in [0.1, 0.15) is 32.3 Å². The minimum atomic E-state index is 0.0725. The molecule has 1 amide bonds. The lowest BCUT2D eigenvalue weighted by molar-refractivity contribution is -0.120. The first-order valence-corrected chi connectivity index (χ1v) is 8.16. The summed E-state index contributed by atoms with van der Waals surface area (Å²) in [5.74, 6) is 0.944. The van der Waals surface area contributed by atoms with Gasteiger partial charge in [-0.25, -0.2) is 0 Å². The molecule has 0 saturated heterocycles. The quantitative estimate of drug-likeness (QED) is 0.623. The van der Waals surface area contributed by atoms with Crippen molar-refractivity contribution in [2.45, 2.75) is 33.1 Å². The number of hydrogen-bond donors (Lipinski definition) is 2. The Hall–Kier alpha value is -2.04. The molecule has 0 unspecified atom stereocenters. The van der Waals surface area contributed by atoms with Gasteiger partial charge in [-0.15, -0.1) is 0 Å². The number of nitrogens with one attached hydrogen (secondary N) is 2. The normalized spacial score (nSPS) is 13.9. The summed E-state index contributed by atoms with van der Waals surface area (Å²) in [6.45, 7) is 7.11. The van der Waals surface area contributed by atoms with E-state index in [1.165, 1.54) is 11.3 Å². The number of rotatable bonds is 6. The summed E-state index contributed by atoms with van der Waals surface area (Å²) < 4.78 is 0. The zero-order valence-corrected chi connectivity index (χ0v) is 13.6. The number of carbonyl (C=O) groups excluding carboxylic acids is 1. The Balaban J connectivity index is 1.98. The second-order valence-electron chi connectivity index (χ2n) is 5.37. The fraction of sp³-hybridized carbons (Fsp3) is 0.529. The highest BCUT2D eigenvalue weighted by atomic mass is 16.1. The van der Waals surface area contributed by atoms with E-state index >= 15 is 0 Å². The van der Waals surface area contributed by atoms with Gasteiger partial charge in [0.1, 0.15) is 0 Å². The summed E-state index contributed by atoms with van der Waals surface area (Å²) in [5.41, 5.74) is 2.58. The van der Waals surface area contributed by atoms with Gasteiger partial charge < -0.3 is 15.5 Å². The number of anilines is 1. The molecule has 0 radical (unpaired) electrons. The first-order valence-electron chi connectivity index (χ1n) is 8.16. The van der Waals surface area contributed by atoms with Crippen LogP contribution in [0, 0.1) is 0 Å². The number of fused-ring (bicyclic) bond motifs is 1. The van der Waals surface area contributed by atoms with Crippen LogP contribution in [0.4, 0.5) is 5.69 Å². The van der Waals surface area contributed by atoms with Crippen molar-refractivity contribution in [1.29, 1.82) is 0 Å². The SMILES string of the molecule is CCCNC(=O)CCN=C(NCC)N1CCc2ccccc21. The second kappa shape index (κ2) is 8.41. The summed E-state index contributed by atoms with van der Waals surface area (Å²) in [6.07, 6.45) is 2.43. The van der Waals surface area contributed by atoms with E-state index in [4.69, 9.17) is 0 Å². The van der Waals surface area contributed by atoms with E-state index in [0.29, 0.717) is 13.0 Å². The van der Waals surface area contributed by atoms with Gasteiger partial charge in [-0.3, -0.25) is 9.79 Å². The molecule has 120 valence electrons. The highest BCUT2D eigenvalue weighted by Gasteiger charge is 2.22. The Bertz CT molecular complexity index is 527. The number of hydrogen-bond acceptors (Lipinski definition) is 2. The Morgan fingerprint density at radius 1 is 1.27 bits per heavy atom. The Labute approximate surface area is 132 Å². The lowest BCUT2D eigenvalue weighted by Crippen LogP contribution is -2.40. The van der Waals surface area contributed by atoms with Gasteiger partial charge >= 0.3 is 0 Å². The number of amides is 1. The lowest BCUT2D eigenvalue weighted by Gasteiger charge is -2.22. The monoisotopic (exact) mass is 302 g/mol. The van der Waals surface area contributed by atoms with Crippen LogP contribution in [0.5, 0.6) is 0 Å². The third-order valence-corrected chi connectivity index (χ3v) is 3.65. The molecule has 0 saturated carbocycles. The van der Waals surface area contributed by atoms with Gasteiger partial charge in [0, 0.05) is 31.7 Å². The Morgan fingerprint density at radius 2 is 2.09 bits per heavy atom. The Kier molecular flexibility index (Phi) is 6.25. The molecule has 0 atom stereocenters. The van der Waals surface area contributed by atoms with Crippen LogP contribution in [0.3, 0.4) is 0 Å². The van der Waals surface area contributed by atoms with E-state index in [1.54, 1.807) is 0 Å². The van der Waals surface area contributed by atoms with Crippen molar-refractivity contribution in [3.05, 3.63) is 29.8 Å². The smallest absolute Gasteiger partial charge is 0.221 e. The molecular formula is C17H26N4O. The van der Waals surface area contributed by atoms with Crippen LogP contribution < -0.4 is 15.5 Å². The van der Waals surface area contributed by atoms with Crippen LogP contribution in [0.15, 0.2) is 29.3 Å². The second-order valence-corrected chi connectivity index (χ2v) is 5.37. The Morgan fingerprint density at radius 3 is 2.86 bits per heavy atom. The average Bonchev–Trinajstić information content (AvgIpc) is 2.96. The predicted octanol–water partition coefficient (Wildman–Crippen LogP) is 1.93. The van der Waals surface area contributed by atoms with Gasteiger partial charge in [-0.05, 0) is 31.4 Å². The first-order chi connectivity index (χ1) is 10.8. The number of carbonyl (C=O) groups is 1. The summed E-state index contributed by atoms with van der Waals surface area (Å²) in [4.78, 5) is 18.5. The maximum atomic E-state index is 11.6. The number of guanidine groups is 1. The minimum absolute atomic E-state index is 0.0725. The molecule has 2 N–H and O–H groups in total. The van der Waals surface area contributed by atoms with E-state index < -0.39 is 0 Å². The number of aliphatic imine (C=N–C) groups is 1. The van der Waals surface area contributed by atoms with Crippen molar-refractivity contribution >= 4 is 17.6 Å². The van der Waals surface area contributed by atoms with E-state index in [-0.39, 0.29) is 5.91 Å². The lowest BCUT2D eigenvalue weighted by atomic mass is 10.2. The molecule has 1 heterocycles. The molecule has 0 bridgehead atoms. The molecule has 0 spiro atoms. The molecule has 0 fully saturated rings. The van der Waals surface area contributed by atoms with Crippen molar-refractivity contribution < 1.29 is 4.79 Å². The molecule has 0 aliphatic carbocycles. The van der Waals surface area contributed by atoms with Gasteiger partial charge in [-0.1, -0.05) is 25.1 Å². The molecule has 1 aromatic rings. The third kappa shape index (κ3) is 4.23. The summed E-state index contributed by atoms with van der Waals surface area (Å²) >= 11 is 0. The first kappa shape index (κ1) is 16.3. The van der Waals surface area contributed by atoms with Crippen LogP contribution in [-0.4, -0.2) is 38.0 Å². The predicted molar refractivity (Wildman–Crippen MR) is 91.4 cm³/mol. The minimum Gasteiger partial charge on any atom is -0.356 e. The number of para-hydroxylation sites is 1. The van der Waals surface area contributed by atoms with Crippen molar-refractivity contribution in [2.24, 2.45) is 4.99 Å². The highest BCUT2D eigenvalue weighted by molar-refractivity contribution is 5.98. The molecule has 1 aliphatic heterocycles. The molecule has 0 aromatic heterocycles. The molecule has 5 heteroatoms. The average molecular weight is 302 g/mol. The molecule has 22 heavy (non-hydrogen) atoms. The van der Waals surface area contributed by atoms with E-state index in [9.17, 15) is 4.79 Å². The van der Waals surface area contributed by atoms with Crippen LogP contribution in [0.25, 0.3) is 0 Å². The highest BCUT2D eigenvalue weighted by Crippen LogP contribution is 2.27. The summed E-state index contributed by atoms with van der Waals surface area (Å²) in [7, 11) is 0. The molecule has 1 aromatic carbocycles. The van der Waals surface area contributed by atoms with Gasteiger partial charge in [0.15, 0.2) is 5.96 Å². The summed E-state index contributed by atoms with van der Waals surface area (Å²) in [5, 5.41) is 6.21. The van der Waals surface area contributed by atoms with Crippen molar-refractivity contribution in [3.63, 3.8) is 0 Å². The summed E-state index contributed by atoms with van der Waals surface area (Å²) in [6, 6.07) is 8.42. The van der Waals surface area contributed by atoms with Crippen LogP contribution >= 0.6 is 0 Å². The van der Waals surface area contributed by atoms with Crippen molar-refractivity contribution in [3.8, 4) is 0 Å². The fourth-order valence-electron chi connectivity index (χ4n) is 2.57. The maximum Gasteiger partial charge on any atom is 0.221 e. The van der Waals surface area contributed by atoms with Crippen molar-refractivity contribution in [2.75, 3.05) is 31.1 Å². The molecule has 2 rings (SSSR count). The standard InChI is InChI=1S/C17H26N4O/c1-3-11-19-16(22)9-12-20-17(18-4-2)21-13-10-14-7-5-6-8-15(14)21/h5-8H,3-4,9-13H2,1-2H3,(H,18,20)(H,19,22). The molecular weight excluding hydrogens is 276 g/mol. The van der Waals surface area contributed by atoms with Gasteiger partial charge in [0.25, 0.3) is 0 Å². The number of benzene rings is 1. The topological polar surface area (TPSA) is 56.7 Å². The fourth-order valence-corrected chi connectivity index (χ4v) is 2.57. The van der Waals surface area contributed by atoms with E-state index in [2.05, 4.69) is 51.7 Å². The molecule has 1 aliphatic rings. The van der Waals surface area contributed by atoms with Crippen LogP contribution in [0.2, 0.25) is 0 Å².